The van der Waals surface area contributed by atoms with E-state index in [2.05, 4.69) is 23.4 Å². The Kier molecular flexibility index (Phi) is 6.07. The van der Waals surface area contributed by atoms with Gasteiger partial charge in [-0.15, -0.1) is 0 Å². The van der Waals surface area contributed by atoms with Crippen LogP contribution in [-0.4, -0.2) is 38.2 Å². The third-order valence-corrected chi connectivity index (χ3v) is 5.89. The number of ether oxygens (including phenoxy) is 1. The molecule has 2 aromatic rings. The Morgan fingerprint density at radius 2 is 2.04 bits per heavy atom. The Morgan fingerprint density at radius 3 is 2.75 bits per heavy atom. The van der Waals surface area contributed by atoms with E-state index < -0.39 is 18.1 Å². The molecule has 1 aliphatic rings. The summed E-state index contributed by atoms with van der Waals surface area (Å²) in [6, 6.07) is 1.83. The molecule has 28 heavy (non-hydrogen) atoms. The Labute approximate surface area is 168 Å². The molecule has 0 spiro atoms. The molecule has 0 aliphatic carbocycles. The number of ketones is 1. The first-order valence-electron chi connectivity index (χ1n) is 9.39. The average Bonchev–Trinajstić information content (AvgIpc) is 3.23. The van der Waals surface area contributed by atoms with Crippen molar-refractivity contribution in [1.29, 1.82) is 0 Å². The van der Waals surface area contributed by atoms with Crippen molar-refractivity contribution in [3.05, 3.63) is 45.1 Å². The second kappa shape index (κ2) is 8.34. The van der Waals surface area contributed by atoms with Gasteiger partial charge in [0.15, 0.2) is 11.8 Å². The van der Waals surface area contributed by atoms with Crippen LogP contribution in [0.25, 0.3) is 0 Å². The van der Waals surface area contributed by atoms with Crippen LogP contribution in [0.3, 0.4) is 0 Å². The highest BCUT2D eigenvalue weighted by Gasteiger charge is 2.23. The van der Waals surface area contributed by atoms with Crippen LogP contribution in [0.1, 0.15) is 52.4 Å². The normalized spacial score (nSPS) is 13.0. The molecule has 0 radical (unpaired) electrons. The minimum Gasteiger partial charge on any atom is -0.453 e. The maximum atomic E-state index is 12.6. The Bertz CT molecular complexity index is 975. The van der Waals surface area contributed by atoms with E-state index in [-0.39, 0.29) is 11.3 Å². The number of aromatic nitrogens is 3. The number of carbonyl (C=O) groups is 2. The van der Waals surface area contributed by atoms with Gasteiger partial charge >= 0.3 is 5.97 Å². The number of aryl methyl sites for hydroxylation is 1. The van der Waals surface area contributed by atoms with Crippen molar-refractivity contribution in [2.24, 2.45) is 5.92 Å². The van der Waals surface area contributed by atoms with Crippen molar-refractivity contribution in [2.45, 2.75) is 52.4 Å². The fourth-order valence-electron chi connectivity index (χ4n) is 3.26. The predicted octanol–water partition coefficient (Wildman–Crippen LogP) is 2.85. The summed E-state index contributed by atoms with van der Waals surface area (Å²) >= 11 is 1.47. The van der Waals surface area contributed by atoms with Crippen molar-refractivity contribution in [1.82, 2.24) is 14.1 Å². The Morgan fingerprint density at radius 1 is 1.29 bits per heavy atom. The number of carbonyl (C=O) groups excluding carboxylic acids is 2. The molecule has 0 unspecified atom stereocenters. The third kappa shape index (κ3) is 4.06. The van der Waals surface area contributed by atoms with Gasteiger partial charge in [-0.1, -0.05) is 25.6 Å². The van der Waals surface area contributed by atoms with Crippen LogP contribution in [0.5, 0.6) is 0 Å². The quantitative estimate of drug-likeness (QED) is 0.402. The molecule has 1 aliphatic heterocycles. The van der Waals surface area contributed by atoms with Gasteiger partial charge in [0.2, 0.25) is 5.78 Å². The molecule has 0 saturated carbocycles. The summed E-state index contributed by atoms with van der Waals surface area (Å²) in [5.41, 5.74) is 1.87. The molecule has 0 N–H and O–H groups in total. The lowest BCUT2D eigenvalue weighted by molar-refractivity contribution is 0.0471. The second-order valence-electron chi connectivity index (χ2n) is 7.38. The van der Waals surface area contributed by atoms with Crippen LogP contribution in [0.15, 0.2) is 22.2 Å². The topological polar surface area (TPSA) is 83.2 Å². The zero-order valence-corrected chi connectivity index (χ0v) is 17.5. The number of hydrogen-bond acceptors (Lipinski definition) is 6. The molecule has 0 aromatic carbocycles. The van der Waals surface area contributed by atoms with Crippen molar-refractivity contribution in [2.75, 3.05) is 12.4 Å². The summed E-state index contributed by atoms with van der Waals surface area (Å²) in [6.45, 7) is 9.15. The highest BCUT2D eigenvalue weighted by atomic mass is 32.2. The molecule has 0 bridgehead atoms. The molecule has 7 nitrogen and oxygen atoms in total. The molecule has 0 fully saturated rings. The van der Waals surface area contributed by atoms with Gasteiger partial charge in [-0.3, -0.25) is 14.2 Å². The van der Waals surface area contributed by atoms with Gasteiger partial charge in [0.05, 0.1) is 6.20 Å². The first-order chi connectivity index (χ1) is 13.3. The van der Waals surface area contributed by atoms with Crippen LogP contribution >= 0.6 is 11.8 Å². The first-order valence-corrected chi connectivity index (χ1v) is 10.4. The predicted molar refractivity (Wildman–Crippen MR) is 107 cm³/mol. The van der Waals surface area contributed by atoms with E-state index in [4.69, 9.17) is 4.74 Å². The van der Waals surface area contributed by atoms with Crippen molar-refractivity contribution in [3.8, 4) is 0 Å². The summed E-state index contributed by atoms with van der Waals surface area (Å²) in [5, 5.41) is 0.603. The Balaban J connectivity index is 1.69. The molecule has 3 rings (SSSR count). The lowest BCUT2D eigenvalue weighted by atomic mass is 10.1. The van der Waals surface area contributed by atoms with Gasteiger partial charge in [-0.25, -0.2) is 9.78 Å². The fourth-order valence-corrected chi connectivity index (χ4v) is 4.17. The SMILES string of the molecule is Cc1cc(C(=O)COC(=O)c2cnc3n(c2=O)CCS3)c(C)n1CCC(C)C. The number of esters is 1. The van der Waals surface area contributed by atoms with E-state index in [1.165, 1.54) is 22.5 Å². The van der Waals surface area contributed by atoms with Crippen LogP contribution in [-0.2, 0) is 17.8 Å². The van der Waals surface area contributed by atoms with Crippen LogP contribution in [0, 0.1) is 19.8 Å². The minimum atomic E-state index is -0.813. The summed E-state index contributed by atoms with van der Waals surface area (Å²) < 4.78 is 8.71. The summed E-state index contributed by atoms with van der Waals surface area (Å²) in [5.74, 6) is 0.236. The zero-order chi connectivity index (χ0) is 20.4. The first kappa shape index (κ1) is 20.4. The summed E-state index contributed by atoms with van der Waals surface area (Å²) in [4.78, 5) is 41.4. The minimum absolute atomic E-state index is 0.138. The van der Waals surface area contributed by atoms with Gasteiger partial charge in [0.25, 0.3) is 5.56 Å². The highest BCUT2D eigenvalue weighted by molar-refractivity contribution is 7.99. The zero-order valence-electron chi connectivity index (χ0n) is 16.7. The highest BCUT2D eigenvalue weighted by Crippen LogP contribution is 2.21. The van der Waals surface area contributed by atoms with E-state index in [0.717, 1.165) is 30.1 Å². The molecule has 2 aromatic heterocycles. The molecule has 3 heterocycles. The van der Waals surface area contributed by atoms with Crippen LogP contribution in [0.2, 0.25) is 0 Å². The molecule has 0 saturated heterocycles. The maximum Gasteiger partial charge on any atom is 0.345 e. The molecular formula is C20H25N3O4S. The monoisotopic (exact) mass is 403 g/mol. The number of fused-ring (bicyclic) bond motifs is 1. The van der Waals surface area contributed by atoms with Gasteiger partial charge in [-0.05, 0) is 32.3 Å². The molecule has 150 valence electrons. The standard InChI is InChI=1S/C20H25N3O4S/c1-12(2)5-6-22-13(3)9-15(14(22)4)17(24)11-27-19(26)16-10-21-20-23(18(16)25)7-8-28-20/h9-10,12H,5-8,11H2,1-4H3. The van der Waals surface area contributed by atoms with E-state index in [1.54, 1.807) is 0 Å². The number of thioether (sulfide) groups is 1. The number of hydrogen-bond donors (Lipinski definition) is 0. The number of nitrogens with zero attached hydrogens (tertiary/aromatic N) is 3. The van der Waals surface area contributed by atoms with Crippen LogP contribution < -0.4 is 5.56 Å². The number of Topliss-reactive ketones (excluding diaryl/α,β-unsaturated/α-hetero) is 1. The van der Waals surface area contributed by atoms with Gasteiger partial charge < -0.3 is 9.30 Å². The largest absolute Gasteiger partial charge is 0.453 e. The molecular weight excluding hydrogens is 378 g/mol. The van der Waals surface area contributed by atoms with E-state index in [0.29, 0.717) is 23.2 Å². The lowest BCUT2D eigenvalue weighted by Gasteiger charge is -2.11. The third-order valence-electron chi connectivity index (χ3n) is 4.91. The maximum absolute atomic E-state index is 12.6. The lowest BCUT2D eigenvalue weighted by Crippen LogP contribution is -2.28. The van der Waals surface area contributed by atoms with Crippen molar-refractivity contribution in [3.63, 3.8) is 0 Å². The van der Waals surface area contributed by atoms with Crippen LogP contribution in [0.4, 0.5) is 0 Å². The van der Waals surface area contributed by atoms with Gasteiger partial charge in [0.1, 0.15) is 5.56 Å². The van der Waals surface area contributed by atoms with Gasteiger partial charge in [-0.2, -0.15) is 0 Å². The van der Waals surface area contributed by atoms with Crippen molar-refractivity contribution >= 4 is 23.5 Å². The smallest absolute Gasteiger partial charge is 0.345 e. The van der Waals surface area contributed by atoms with E-state index in [1.807, 2.05) is 19.9 Å². The van der Waals surface area contributed by atoms with Gasteiger partial charge in [0, 0.05) is 35.8 Å². The summed E-state index contributed by atoms with van der Waals surface area (Å²) in [7, 11) is 0. The summed E-state index contributed by atoms with van der Waals surface area (Å²) in [6.07, 6.45) is 2.25. The Hall–Kier alpha value is -2.35. The molecule has 0 atom stereocenters. The second-order valence-corrected chi connectivity index (χ2v) is 8.44. The molecule has 0 amide bonds. The van der Waals surface area contributed by atoms with Crippen molar-refractivity contribution < 1.29 is 14.3 Å². The average molecular weight is 404 g/mol. The molecule has 8 heteroatoms. The van der Waals surface area contributed by atoms with E-state index >= 15 is 0 Å². The van der Waals surface area contributed by atoms with E-state index in [9.17, 15) is 14.4 Å². The number of rotatable bonds is 7. The fraction of sp³-hybridized carbons (Fsp3) is 0.500.